The molecule has 6 unspecified atom stereocenters. The van der Waals surface area contributed by atoms with Crippen molar-refractivity contribution in [1.82, 2.24) is 19.6 Å². The van der Waals surface area contributed by atoms with Crippen LogP contribution in [-0.2, 0) is 57.4 Å². The van der Waals surface area contributed by atoms with E-state index in [1.807, 2.05) is 153 Å². The van der Waals surface area contributed by atoms with Crippen LogP contribution in [0.4, 0.5) is 9.59 Å². The van der Waals surface area contributed by atoms with Gasteiger partial charge in [-0.15, -0.1) is 0 Å². The zero-order valence-corrected chi connectivity index (χ0v) is 76.1. The number of carbonyl (C=O) groups is 6. The highest BCUT2D eigenvalue weighted by atomic mass is 16.7. The summed E-state index contributed by atoms with van der Waals surface area (Å²) in [7, 11) is 7.74. The third-order valence-corrected chi connectivity index (χ3v) is 21.5. The van der Waals surface area contributed by atoms with Crippen LogP contribution in [-0.4, -0.2) is 163 Å². The van der Waals surface area contributed by atoms with Crippen molar-refractivity contribution in [2.24, 2.45) is 17.8 Å². The number of aryl methyl sites for hydroxylation is 3. The molecule has 656 valence electrons. The Hall–Kier alpha value is -7.72. The molecule has 0 aromatic heterocycles. The normalized spacial score (nSPS) is 17.0. The third kappa shape index (κ3) is 37.6. The molecule has 0 spiro atoms. The summed E-state index contributed by atoms with van der Waals surface area (Å²) >= 11 is 0. The van der Waals surface area contributed by atoms with E-state index in [1.54, 1.807) is 0 Å². The van der Waals surface area contributed by atoms with Crippen LogP contribution >= 0.6 is 0 Å². The summed E-state index contributed by atoms with van der Waals surface area (Å²) in [4.78, 5) is 85.3. The van der Waals surface area contributed by atoms with Gasteiger partial charge in [0.2, 0.25) is 0 Å². The second-order valence-electron chi connectivity index (χ2n) is 31.7. The zero-order valence-electron chi connectivity index (χ0n) is 76.1. The van der Waals surface area contributed by atoms with E-state index in [-0.39, 0.29) is 98.5 Å². The first kappa shape index (κ1) is 103. The molecule has 0 amide bonds. The Morgan fingerprint density at radius 2 is 0.641 bits per heavy atom. The number of unbranched alkanes of at least 4 members (excludes halogenated alkanes) is 6. The minimum atomic E-state index is -0.790. The highest BCUT2D eigenvalue weighted by Crippen LogP contribution is 2.51. The molecule has 3 aliphatic rings. The summed E-state index contributed by atoms with van der Waals surface area (Å²) in [6.45, 7) is 53.7. The number of carbonyl (C=O) groups excluding carboxylic acids is 6. The Morgan fingerprint density at radius 3 is 0.872 bits per heavy atom. The Labute approximate surface area is 705 Å². The smallest absolute Gasteiger partial charge is 0.426 e. The predicted molar refractivity (Wildman–Crippen MR) is 473 cm³/mol. The average molecular weight is 1630 g/mol. The molecule has 0 saturated carbocycles. The lowest BCUT2D eigenvalue weighted by molar-refractivity contribution is -0.136. The van der Waals surface area contributed by atoms with E-state index in [0.717, 1.165) is 186 Å². The standard InChI is InChI=1S/C33H52N2O6.C31H48N2O4.C31H46O6.C2H6/c1-9-14-15-16-26-20-29(40-32(36)38-22-34(10-2)11-3)31(28-19-25(8)17-18-27(28)24(6)7)30(21-26)41-33(37)39-23-35(12-4)13-5;1-9-10-11-12-24-20-27(36-29(34)15-17-32(5)6)31(26-19-23(4)13-14-25(26)22(2)3)28(21-24)37-30(35)16-18-33(7)8;1-7-10-11-12-24-20-27(36-29(32)15-17-34-8-2)31(26-19-23(6)13-14-25(26)22(4)5)28(21-24)37-30(33)16-18-35-9-3;1-2/h19-21,27-28H,6,9-18,22-23H2,1-5,7-8H3;19-21,25-26H,2,9-18H2,1,3-8H3;19-21,25-26H,4,7-18H2,1-3,5-6H3;1-2H3. The SMILES string of the molecule is C=C(C)C1CCC(C)=CC1c1c(OC(=O)CCN(C)C)cc(CCCCC)cc1OC(=O)CCN(C)C.C=C(C)C1CCC(C)=CC1c1c(OC(=O)CCOCC)cc(CCCCC)cc1OC(=O)CCOCC.C=C(C)C1CCC(C)=CC1c1c(OC(=O)OCN(CC)CC)cc(CCCCC)cc1OC(=O)OCN(CC)CC.CC. The van der Waals surface area contributed by atoms with Crippen molar-refractivity contribution in [2.45, 2.75) is 277 Å². The van der Waals surface area contributed by atoms with Crippen molar-refractivity contribution >= 4 is 36.2 Å². The number of rotatable bonds is 46. The molecule has 3 aromatic carbocycles. The quantitative estimate of drug-likeness (QED) is 0.0129. The molecule has 20 nitrogen and oxygen atoms in total. The molecule has 0 saturated heterocycles. The van der Waals surface area contributed by atoms with Gasteiger partial charge in [0.25, 0.3) is 0 Å². The Bertz CT molecular complexity index is 3530. The van der Waals surface area contributed by atoms with Gasteiger partial charge in [-0.3, -0.25) is 29.0 Å². The lowest BCUT2D eigenvalue weighted by Gasteiger charge is -2.32. The first-order chi connectivity index (χ1) is 56.0. The fourth-order valence-electron chi connectivity index (χ4n) is 14.6. The van der Waals surface area contributed by atoms with Crippen LogP contribution in [0.5, 0.6) is 34.5 Å². The van der Waals surface area contributed by atoms with Crippen molar-refractivity contribution < 1.29 is 76.1 Å². The number of hydrogen-bond acceptors (Lipinski definition) is 20. The molecule has 0 fully saturated rings. The number of ether oxygens (including phenoxy) is 10. The lowest BCUT2D eigenvalue weighted by atomic mass is 9.73. The van der Waals surface area contributed by atoms with Crippen LogP contribution < -0.4 is 28.4 Å². The van der Waals surface area contributed by atoms with E-state index in [1.165, 1.54) is 16.7 Å². The van der Waals surface area contributed by atoms with E-state index in [0.29, 0.717) is 79.6 Å². The van der Waals surface area contributed by atoms with Crippen LogP contribution in [0.15, 0.2) is 108 Å². The van der Waals surface area contributed by atoms with Gasteiger partial charge >= 0.3 is 36.2 Å². The highest BCUT2D eigenvalue weighted by Gasteiger charge is 2.37. The van der Waals surface area contributed by atoms with Crippen LogP contribution in [0, 0.1) is 17.8 Å². The van der Waals surface area contributed by atoms with E-state index in [4.69, 9.17) is 47.4 Å². The first-order valence-electron chi connectivity index (χ1n) is 43.9. The van der Waals surface area contributed by atoms with Gasteiger partial charge in [-0.1, -0.05) is 172 Å². The first-order valence-corrected chi connectivity index (χ1v) is 43.9. The molecule has 0 N–H and O–H groups in total. The van der Waals surface area contributed by atoms with Gasteiger partial charge in [-0.25, -0.2) is 9.59 Å². The second kappa shape index (κ2) is 57.5. The van der Waals surface area contributed by atoms with Crippen LogP contribution in [0.25, 0.3) is 0 Å². The van der Waals surface area contributed by atoms with Crippen molar-refractivity contribution in [3.05, 3.63) is 141 Å². The molecule has 0 heterocycles. The molecule has 117 heavy (non-hydrogen) atoms. The fourth-order valence-corrected chi connectivity index (χ4v) is 14.6. The Morgan fingerprint density at radius 1 is 0.385 bits per heavy atom. The predicted octanol–water partition coefficient (Wildman–Crippen LogP) is 22.3. The largest absolute Gasteiger partial charge is 0.515 e. The summed E-state index contributed by atoms with van der Waals surface area (Å²) in [5, 5.41) is 0. The maximum absolute atomic E-state index is 13.0. The number of esters is 4. The monoisotopic (exact) mass is 1630 g/mol. The van der Waals surface area contributed by atoms with Gasteiger partial charge in [0.15, 0.2) is 0 Å². The van der Waals surface area contributed by atoms with Crippen molar-refractivity contribution in [3.8, 4) is 34.5 Å². The molecular formula is C97H152N4O16. The van der Waals surface area contributed by atoms with Crippen LogP contribution in [0.2, 0.25) is 0 Å². The summed E-state index contributed by atoms with van der Waals surface area (Å²) < 4.78 is 57.6. The summed E-state index contributed by atoms with van der Waals surface area (Å²) in [6, 6.07) is 11.7. The van der Waals surface area contributed by atoms with Crippen molar-refractivity contribution in [2.75, 3.05) is 107 Å². The number of allylic oxidation sites excluding steroid dienone is 9. The summed E-state index contributed by atoms with van der Waals surface area (Å²) in [5.41, 5.74) is 12.0. The highest BCUT2D eigenvalue weighted by molar-refractivity contribution is 5.78. The zero-order chi connectivity index (χ0) is 87.1. The van der Waals surface area contributed by atoms with Gasteiger partial charge < -0.3 is 57.2 Å². The van der Waals surface area contributed by atoms with Gasteiger partial charge in [-0.05, 0) is 258 Å². The fraction of sp³-hybridized carbons (Fsp3) is 0.629. The molecule has 0 aliphatic heterocycles. The molecule has 0 bridgehead atoms. The molecule has 3 aromatic rings. The van der Waals surface area contributed by atoms with Crippen molar-refractivity contribution in [1.29, 1.82) is 0 Å². The Kier molecular flexibility index (Phi) is 50.8. The van der Waals surface area contributed by atoms with E-state index >= 15 is 0 Å². The van der Waals surface area contributed by atoms with Gasteiger partial charge in [0.05, 0.1) is 38.9 Å². The van der Waals surface area contributed by atoms with Gasteiger partial charge in [0.1, 0.15) is 48.0 Å². The topological polar surface area (TPSA) is 208 Å². The number of benzene rings is 3. The minimum absolute atomic E-state index is 0.0794. The lowest BCUT2D eigenvalue weighted by Crippen LogP contribution is -2.29. The van der Waals surface area contributed by atoms with Crippen molar-refractivity contribution in [3.63, 3.8) is 0 Å². The number of hydrogen-bond donors (Lipinski definition) is 0. The molecular weight excluding hydrogens is 1480 g/mol. The molecule has 20 heteroatoms. The van der Waals surface area contributed by atoms with Gasteiger partial charge in [-0.2, -0.15) is 0 Å². The summed E-state index contributed by atoms with van der Waals surface area (Å²) in [5.74, 6) is 1.37. The van der Waals surface area contributed by atoms with E-state index in [2.05, 4.69) is 86.4 Å². The van der Waals surface area contributed by atoms with Crippen LogP contribution in [0.3, 0.4) is 0 Å². The summed E-state index contributed by atoms with van der Waals surface area (Å²) in [6.07, 6.45) is 23.6. The molecule has 6 atom stereocenters. The average Bonchev–Trinajstić information content (AvgIpc) is 0.782. The molecule has 3 aliphatic carbocycles. The molecule has 6 rings (SSSR count). The second-order valence-corrected chi connectivity index (χ2v) is 31.7. The maximum Gasteiger partial charge on any atom is 0.515 e. The van der Waals surface area contributed by atoms with E-state index < -0.39 is 12.3 Å². The number of nitrogens with zero attached hydrogens (tertiary/aromatic N) is 4. The maximum atomic E-state index is 13.0. The Balaban J connectivity index is 0.000000450. The van der Waals surface area contributed by atoms with E-state index in [9.17, 15) is 28.8 Å². The minimum Gasteiger partial charge on any atom is -0.426 e. The molecule has 0 radical (unpaired) electrons. The van der Waals surface area contributed by atoms with Gasteiger partial charge in [0, 0.05) is 60.7 Å². The van der Waals surface area contributed by atoms with Crippen LogP contribution in [0.1, 0.15) is 291 Å². The third-order valence-electron chi connectivity index (χ3n) is 21.5.